The predicted octanol–water partition coefficient (Wildman–Crippen LogP) is -0.434. The van der Waals surface area contributed by atoms with Crippen LogP contribution in [0.5, 0.6) is 0 Å². The van der Waals surface area contributed by atoms with E-state index in [0.29, 0.717) is 0 Å². The molecule has 0 aromatic heterocycles. The Morgan fingerprint density at radius 1 is 1.62 bits per heavy atom. The van der Waals surface area contributed by atoms with Gasteiger partial charge in [0.15, 0.2) is 0 Å². The average Bonchev–Trinajstić information content (AvgIpc) is 2.46. The maximum absolute atomic E-state index is 3.43. The molecule has 8 heavy (non-hydrogen) atoms. The van der Waals surface area contributed by atoms with E-state index in [4.69, 9.17) is 0 Å². The lowest BCUT2D eigenvalue weighted by atomic mass is 10.2. The van der Waals surface area contributed by atoms with Gasteiger partial charge in [-0.2, -0.15) is 0 Å². The molecule has 3 unspecified atom stereocenters. The molecular weight excluding hydrogens is 100 g/mol. The summed E-state index contributed by atoms with van der Waals surface area (Å²) >= 11 is 0. The molecule has 0 bridgehead atoms. The fourth-order valence-corrected chi connectivity index (χ4v) is 1.64. The van der Waals surface area contributed by atoms with Crippen molar-refractivity contribution in [3.8, 4) is 0 Å². The minimum absolute atomic E-state index is 0.778. The third-order valence-electron chi connectivity index (χ3n) is 2.33. The molecule has 3 atom stereocenters. The Morgan fingerprint density at radius 2 is 2.50 bits per heavy atom. The molecule has 1 heterocycles. The monoisotopic (exact) mass is 112 g/mol. The Balaban J connectivity index is 1.97. The van der Waals surface area contributed by atoms with Gasteiger partial charge in [0.1, 0.15) is 0 Å². The van der Waals surface area contributed by atoms with E-state index in [1.807, 2.05) is 7.05 Å². The summed E-state index contributed by atoms with van der Waals surface area (Å²) in [6.07, 6.45) is 1.41. The Labute approximate surface area is 49.7 Å². The van der Waals surface area contributed by atoms with Crippen molar-refractivity contribution in [2.45, 2.75) is 18.5 Å². The summed E-state index contributed by atoms with van der Waals surface area (Å²) in [6.45, 7) is 1.19. The van der Waals surface area contributed by atoms with E-state index in [-0.39, 0.29) is 0 Å². The van der Waals surface area contributed by atoms with Crippen molar-refractivity contribution >= 4 is 0 Å². The summed E-state index contributed by atoms with van der Waals surface area (Å²) in [6, 6.07) is 1.66. The Kier molecular flexibility index (Phi) is 0.866. The van der Waals surface area contributed by atoms with Crippen LogP contribution in [0.25, 0.3) is 0 Å². The molecule has 2 heteroatoms. The van der Waals surface area contributed by atoms with E-state index in [0.717, 1.165) is 18.0 Å². The van der Waals surface area contributed by atoms with E-state index >= 15 is 0 Å². The summed E-state index contributed by atoms with van der Waals surface area (Å²) in [4.78, 5) is 0. The first-order chi connectivity index (χ1) is 3.92. The maximum atomic E-state index is 3.43. The van der Waals surface area contributed by atoms with Crippen LogP contribution in [0.3, 0.4) is 0 Å². The van der Waals surface area contributed by atoms with Crippen LogP contribution in [-0.2, 0) is 0 Å². The molecule has 0 spiro atoms. The van der Waals surface area contributed by atoms with Crippen molar-refractivity contribution in [1.29, 1.82) is 0 Å². The van der Waals surface area contributed by atoms with Crippen LogP contribution < -0.4 is 10.6 Å². The molecule has 1 aliphatic heterocycles. The topological polar surface area (TPSA) is 24.1 Å². The predicted molar refractivity (Wildman–Crippen MR) is 32.7 cm³/mol. The molecule has 0 aromatic rings. The van der Waals surface area contributed by atoms with Crippen LogP contribution >= 0.6 is 0 Å². The third kappa shape index (κ3) is 0.501. The SMILES string of the molecule is CNC1CNC2CC12. The van der Waals surface area contributed by atoms with Gasteiger partial charge in [0.05, 0.1) is 0 Å². The van der Waals surface area contributed by atoms with Crippen LogP contribution in [0.15, 0.2) is 0 Å². The number of rotatable bonds is 1. The Morgan fingerprint density at radius 3 is 2.75 bits per heavy atom. The van der Waals surface area contributed by atoms with Crippen LogP contribution in [-0.4, -0.2) is 25.7 Å². The largest absolute Gasteiger partial charge is 0.315 e. The minimum Gasteiger partial charge on any atom is -0.315 e. The molecule has 1 saturated heterocycles. The van der Waals surface area contributed by atoms with Gasteiger partial charge >= 0.3 is 0 Å². The Hall–Kier alpha value is -0.0800. The van der Waals surface area contributed by atoms with Crippen molar-refractivity contribution in [2.75, 3.05) is 13.6 Å². The Bertz CT molecular complexity index is 103. The van der Waals surface area contributed by atoms with Crippen molar-refractivity contribution < 1.29 is 0 Å². The lowest BCUT2D eigenvalue weighted by Crippen LogP contribution is -2.31. The summed E-state index contributed by atoms with van der Waals surface area (Å²) in [5, 5.41) is 6.72. The van der Waals surface area contributed by atoms with Crippen LogP contribution in [0.2, 0.25) is 0 Å². The molecular formula is C6H12N2. The van der Waals surface area contributed by atoms with Gasteiger partial charge in [-0.3, -0.25) is 0 Å². The first kappa shape index (κ1) is 4.77. The minimum atomic E-state index is 0.778. The van der Waals surface area contributed by atoms with E-state index in [2.05, 4.69) is 10.6 Å². The van der Waals surface area contributed by atoms with E-state index in [1.165, 1.54) is 13.0 Å². The highest BCUT2D eigenvalue weighted by molar-refractivity contribution is 5.06. The van der Waals surface area contributed by atoms with E-state index in [1.54, 1.807) is 0 Å². The molecule has 0 radical (unpaired) electrons. The summed E-state index contributed by atoms with van der Waals surface area (Å²) in [7, 11) is 2.05. The van der Waals surface area contributed by atoms with Gasteiger partial charge in [0.25, 0.3) is 0 Å². The van der Waals surface area contributed by atoms with Gasteiger partial charge in [-0.05, 0) is 19.4 Å². The van der Waals surface area contributed by atoms with Gasteiger partial charge in [-0.15, -0.1) is 0 Å². The number of fused-ring (bicyclic) bond motifs is 1. The molecule has 0 amide bonds. The van der Waals surface area contributed by atoms with Gasteiger partial charge in [-0.1, -0.05) is 0 Å². The standard InChI is InChI=1S/C6H12N2/c1-7-6-3-8-5-2-4(5)6/h4-8H,2-3H2,1H3. The van der Waals surface area contributed by atoms with Crippen molar-refractivity contribution in [3.05, 3.63) is 0 Å². The zero-order chi connectivity index (χ0) is 5.56. The van der Waals surface area contributed by atoms with E-state index < -0.39 is 0 Å². The molecule has 2 fully saturated rings. The highest BCUT2D eigenvalue weighted by Crippen LogP contribution is 2.37. The fourth-order valence-electron chi connectivity index (χ4n) is 1.64. The number of piperidine rings is 1. The number of hydrogen-bond donors (Lipinski definition) is 2. The van der Waals surface area contributed by atoms with Gasteiger partial charge in [0, 0.05) is 18.6 Å². The van der Waals surface area contributed by atoms with Gasteiger partial charge in [0.2, 0.25) is 0 Å². The second kappa shape index (κ2) is 1.45. The zero-order valence-electron chi connectivity index (χ0n) is 5.15. The van der Waals surface area contributed by atoms with Crippen molar-refractivity contribution in [3.63, 3.8) is 0 Å². The third-order valence-corrected chi connectivity index (χ3v) is 2.33. The molecule has 2 rings (SSSR count). The molecule has 0 aromatic carbocycles. The van der Waals surface area contributed by atoms with Crippen molar-refractivity contribution in [2.24, 2.45) is 5.92 Å². The summed E-state index contributed by atoms with van der Waals surface area (Å²) in [5.41, 5.74) is 0. The maximum Gasteiger partial charge on any atom is 0.0233 e. The number of nitrogens with one attached hydrogen (secondary N) is 2. The second-order valence-electron chi connectivity index (χ2n) is 2.81. The number of likely N-dealkylation sites (N-methyl/N-ethyl adjacent to an activating group) is 1. The highest BCUT2D eigenvalue weighted by atomic mass is 15.1. The lowest BCUT2D eigenvalue weighted by Gasteiger charge is -2.07. The zero-order valence-corrected chi connectivity index (χ0v) is 5.15. The normalized spacial score (nSPS) is 51.4. The fraction of sp³-hybridized carbons (Fsp3) is 1.00. The average molecular weight is 112 g/mol. The van der Waals surface area contributed by atoms with Gasteiger partial charge in [-0.25, -0.2) is 0 Å². The smallest absolute Gasteiger partial charge is 0.0233 e. The van der Waals surface area contributed by atoms with Crippen molar-refractivity contribution in [1.82, 2.24) is 10.6 Å². The molecule has 2 N–H and O–H groups in total. The quantitative estimate of drug-likeness (QED) is 0.481. The molecule has 46 valence electrons. The summed E-state index contributed by atoms with van der Waals surface area (Å²) in [5.74, 6) is 0.972. The molecule has 2 nitrogen and oxygen atoms in total. The van der Waals surface area contributed by atoms with E-state index in [9.17, 15) is 0 Å². The molecule has 2 aliphatic rings. The van der Waals surface area contributed by atoms with Gasteiger partial charge < -0.3 is 10.6 Å². The summed E-state index contributed by atoms with van der Waals surface area (Å²) < 4.78 is 0. The highest BCUT2D eigenvalue weighted by Gasteiger charge is 2.47. The van der Waals surface area contributed by atoms with Crippen LogP contribution in [0, 0.1) is 5.92 Å². The second-order valence-corrected chi connectivity index (χ2v) is 2.81. The first-order valence-corrected chi connectivity index (χ1v) is 3.32. The molecule has 1 saturated carbocycles. The lowest BCUT2D eigenvalue weighted by molar-refractivity contribution is 0.540. The van der Waals surface area contributed by atoms with Crippen LogP contribution in [0.1, 0.15) is 6.42 Å². The first-order valence-electron chi connectivity index (χ1n) is 3.32. The van der Waals surface area contributed by atoms with Crippen LogP contribution in [0.4, 0.5) is 0 Å². The molecule has 1 aliphatic carbocycles. The number of hydrogen-bond acceptors (Lipinski definition) is 2.